The molecule has 0 fully saturated rings. The first-order chi connectivity index (χ1) is 6.22. The molecule has 3 nitrogen and oxygen atoms in total. The van der Waals surface area contributed by atoms with Gasteiger partial charge < -0.3 is 0 Å². The molecule has 0 heterocycles. The van der Waals surface area contributed by atoms with Gasteiger partial charge in [-0.25, -0.2) is 0 Å². The van der Waals surface area contributed by atoms with Crippen LogP contribution in [0.15, 0.2) is 0 Å². The predicted octanol–water partition coefficient (Wildman–Crippen LogP) is 1.96. The Morgan fingerprint density at radius 2 is 1.85 bits per heavy atom. The van der Waals surface area contributed by atoms with Crippen molar-refractivity contribution in [1.29, 1.82) is 0 Å². The molecule has 0 aliphatic heterocycles. The number of nitrogens with zero attached hydrogens (tertiary/aromatic N) is 1. The van der Waals surface area contributed by atoms with Crippen LogP contribution in [0, 0.1) is 0 Å². The maximum Gasteiger partial charge on any atom is 0.228 e. The van der Waals surface area contributed by atoms with E-state index in [1.807, 2.05) is 0 Å². The molecule has 76 valence electrons. The van der Waals surface area contributed by atoms with Gasteiger partial charge in [-0.3, -0.25) is 14.5 Å². The molecule has 0 saturated heterocycles. The third-order valence-electron chi connectivity index (χ3n) is 2.05. The molecule has 0 aliphatic rings. The number of unbranched alkanes of at least 4 members (excludes halogenated alkanes) is 4. The SMILES string of the molecule is CCCCCCCC(=O)N(C)C=O. The molecule has 0 spiro atoms. The van der Waals surface area contributed by atoms with Gasteiger partial charge in [0.15, 0.2) is 0 Å². The Hall–Kier alpha value is -0.860. The first-order valence-corrected chi connectivity index (χ1v) is 4.93. The molecule has 3 heteroatoms. The number of carbonyl (C=O) groups is 2. The smallest absolute Gasteiger partial charge is 0.228 e. The van der Waals surface area contributed by atoms with E-state index in [1.165, 1.54) is 26.3 Å². The zero-order valence-corrected chi connectivity index (χ0v) is 8.58. The summed E-state index contributed by atoms with van der Waals surface area (Å²) in [6, 6.07) is 0. The number of hydrogen-bond donors (Lipinski definition) is 0. The van der Waals surface area contributed by atoms with E-state index in [2.05, 4.69) is 6.92 Å². The summed E-state index contributed by atoms with van der Waals surface area (Å²) >= 11 is 0. The van der Waals surface area contributed by atoms with E-state index >= 15 is 0 Å². The lowest BCUT2D eigenvalue weighted by Gasteiger charge is -2.07. The van der Waals surface area contributed by atoms with Crippen LogP contribution in [-0.4, -0.2) is 24.3 Å². The fraction of sp³-hybridized carbons (Fsp3) is 0.800. The number of amides is 2. The predicted molar refractivity (Wildman–Crippen MR) is 52.2 cm³/mol. The van der Waals surface area contributed by atoms with Crippen LogP contribution in [0.25, 0.3) is 0 Å². The van der Waals surface area contributed by atoms with Crippen molar-refractivity contribution in [2.24, 2.45) is 0 Å². The van der Waals surface area contributed by atoms with E-state index in [1.54, 1.807) is 0 Å². The Labute approximate surface area is 80.1 Å². The highest BCUT2D eigenvalue weighted by atomic mass is 16.2. The number of imide groups is 1. The lowest BCUT2D eigenvalue weighted by Crippen LogP contribution is -2.24. The Morgan fingerprint density at radius 1 is 1.23 bits per heavy atom. The molecule has 2 amide bonds. The molecule has 0 unspecified atom stereocenters. The molecule has 13 heavy (non-hydrogen) atoms. The zero-order valence-electron chi connectivity index (χ0n) is 8.58. The van der Waals surface area contributed by atoms with E-state index in [0.717, 1.165) is 17.7 Å². The number of carbonyl (C=O) groups excluding carboxylic acids is 2. The van der Waals surface area contributed by atoms with Crippen molar-refractivity contribution < 1.29 is 9.59 Å². The van der Waals surface area contributed by atoms with Crippen LogP contribution in [0.2, 0.25) is 0 Å². The van der Waals surface area contributed by atoms with Crippen LogP contribution < -0.4 is 0 Å². The quantitative estimate of drug-likeness (QED) is 0.449. The van der Waals surface area contributed by atoms with Crippen molar-refractivity contribution in [3.05, 3.63) is 0 Å². The van der Waals surface area contributed by atoms with Gasteiger partial charge in [-0.15, -0.1) is 0 Å². The van der Waals surface area contributed by atoms with Gasteiger partial charge in [0.1, 0.15) is 0 Å². The van der Waals surface area contributed by atoms with Crippen molar-refractivity contribution in [3.63, 3.8) is 0 Å². The maximum absolute atomic E-state index is 11.1. The summed E-state index contributed by atoms with van der Waals surface area (Å²) in [4.78, 5) is 22.4. The number of rotatable bonds is 7. The van der Waals surface area contributed by atoms with Gasteiger partial charge in [-0.05, 0) is 6.42 Å². The normalized spacial score (nSPS) is 9.69. The first-order valence-electron chi connectivity index (χ1n) is 4.93. The molecular formula is C10H19NO2. The molecule has 0 N–H and O–H groups in total. The molecule has 0 atom stereocenters. The minimum absolute atomic E-state index is 0.0773. The summed E-state index contributed by atoms with van der Waals surface area (Å²) in [5.41, 5.74) is 0. The highest BCUT2D eigenvalue weighted by Gasteiger charge is 2.05. The Balaban J connectivity index is 3.32. The van der Waals surface area contributed by atoms with Crippen LogP contribution in [0.4, 0.5) is 0 Å². The van der Waals surface area contributed by atoms with Crippen molar-refractivity contribution in [3.8, 4) is 0 Å². The molecule has 0 aromatic rings. The fourth-order valence-electron chi connectivity index (χ4n) is 1.11. The molecular weight excluding hydrogens is 166 g/mol. The fourth-order valence-corrected chi connectivity index (χ4v) is 1.11. The van der Waals surface area contributed by atoms with Gasteiger partial charge in [0.05, 0.1) is 0 Å². The highest BCUT2D eigenvalue weighted by Crippen LogP contribution is 2.05. The second kappa shape index (κ2) is 7.77. The van der Waals surface area contributed by atoms with Gasteiger partial charge in [-0.1, -0.05) is 32.6 Å². The van der Waals surface area contributed by atoms with E-state index in [0.29, 0.717) is 12.8 Å². The van der Waals surface area contributed by atoms with Crippen LogP contribution >= 0.6 is 0 Å². The molecule has 0 aromatic heterocycles. The molecule has 0 rings (SSSR count). The third kappa shape index (κ3) is 6.31. The van der Waals surface area contributed by atoms with Crippen molar-refractivity contribution in [1.82, 2.24) is 4.90 Å². The summed E-state index contributed by atoms with van der Waals surface area (Å²) in [6.45, 7) is 2.16. The summed E-state index contributed by atoms with van der Waals surface area (Å²) in [5.74, 6) is -0.0773. The van der Waals surface area contributed by atoms with Crippen LogP contribution in [-0.2, 0) is 9.59 Å². The average Bonchev–Trinajstić information content (AvgIpc) is 2.16. The van der Waals surface area contributed by atoms with Crippen LogP contribution in [0.1, 0.15) is 45.4 Å². The van der Waals surface area contributed by atoms with Crippen LogP contribution in [0.5, 0.6) is 0 Å². The number of hydrogen-bond acceptors (Lipinski definition) is 2. The lowest BCUT2D eigenvalue weighted by molar-refractivity contribution is -0.136. The topological polar surface area (TPSA) is 37.4 Å². The average molecular weight is 185 g/mol. The molecule has 0 aliphatic carbocycles. The summed E-state index contributed by atoms with van der Waals surface area (Å²) in [6.07, 6.45) is 6.69. The summed E-state index contributed by atoms with van der Waals surface area (Å²) in [5, 5.41) is 0. The Kier molecular flexibility index (Phi) is 7.26. The van der Waals surface area contributed by atoms with E-state index in [4.69, 9.17) is 0 Å². The summed E-state index contributed by atoms with van der Waals surface area (Å²) in [7, 11) is 1.50. The zero-order chi connectivity index (χ0) is 10.1. The Bertz CT molecular complexity index is 157. The largest absolute Gasteiger partial charge is 0.288 e. The first kappa shape index (κ1) is 12.1. The van der Waals surface area contributed by atoms with Gasteiger partial charge in [0, 0.05) is 13.5 Å². The standard InChI is InChI=1S/C10H19NO2/c1-3-4-5-6-7-8-10(13)11(2)9-12/h9H,3-8H2,1-2H3. The van der Waals surface area contributed by atoms with Crippen molar-refractivity contribution >= 4 is 12.3 Å². The maximum atomic E-state index is 11.1. The van der Waals surface area contributed by atoms with Gasteiger partial charge >= 0.3 is 0 Å². The monoisotopic (exact) mass is 185 g/mol. The van der Waals surface area contributed by atoms with Gasteiger partial charge in [0.25, 0.3) is 0 Å². The van der Waals surface area contributed by atoms with E-state index < -0.39 is 0 Å². The van der Waals surface area contributed by atoms with Gasteiger partial charge in [0.2, 0.25) is 12.3 Å². The third-order valence-corrected chi connectivity index (χ3v) is 2.05. The highest BCUT2D eigenvalue weighted by molar-refractivity contribution is 5.85. The molecule has 0 radical (unpaired) electrons. The van der Waals surface area contributed by atoms with E-state index in [9.17, 15) is 9.59 Å². The lowest BCUT2D eigenvalue weighted by atomic mass is 10.1. The molecule has 0 saturated carbocycles. The second-order valence-corrected chi connectivity index (χ2v) is 3.27. The Morgan fingerprint density at radius 3 is 2.38 bits per heavy atom. The van der Waals surface area contributed by atoms with Crippen LogP contribution in [0.3, 0.4) is 0 Å². The second-order valence-electron chi connectivity index (χ2n) is 3.27. The minimum Gasteiger partial charge on any atom is -0.288 e. The summed E-state index contributed by atoms with van der Waals surface area (Å²) < 4.78 is 0. The minimum atomic E-state index is -0.0773. The van der Waals surface area contributed by atoms with Crippen molar-refractivity contribution in [2.75, 3.05) is 7.05 Å². The molecule has 0 bridgehead atoms. The van der Waals surface area contributed by atoms with E-state index in [-0.39, 0.29) is 5.91 Å². The van der Waals surface area contributed by atoms with Crippen molar-refractivity contribution in [2.45, 2.75) is 45.4 Å². The van der Waals surface area contributed by atoms with Gasteiger partial charge in [-0.2, -0.15) is 0 Å². The molecule has 0 aromatic carbocycles.